The van der Waals surface area contributed by atoms with Crippen LogP contribution in [0.15, 0.2) is 12.2 Å². The molecule has 0 aliphatic heterocycles. The second kappa shape index (κ2) is 13.1. The van der Waals surface area contributed by atoms with Gasteiger partial charge in [0.2, 0.25) is 5.91 Å². The van der Waals surface area contributed by atoms with Crippen LogP contribution in [0.3, 0.4) is 0 Å². The third kappa shape index (κ3) is 13.5. The molecule has 1 aliphatic rings. The Hall–Kier alpha value is -1.32. The lowest BCUT2D eigenvalue weighted by atomic mass is 9.84. The molecule has 1 saturated carbocycles. The lowest BCUT2D eigenvalue weighted by molar-refractivity contribution is -0.159. The van der Waals surface area contributed by atoms with Gasteiger partial charge in [-0.15, -0.1) is 0 Å². The van der Waals surface area contributed by atoms with Crippen molar-refractivity contribution in [3.05, 3.63) is 12.2 Å². The van der Waals surface area contributed by atoms with Gasteiger partial charge < -0.3 is 28.5 Å². The maximum absolute atomic E-state index is 12.2. The lowest BCUT2D eigenvalue weighted by Crippen LogP contribution is -2.52. The van der Waals surface area contributed by atoms with Crippen LogP contribution in [0.5, 0.6) is 0 Å². The number of carbonyl (C=O) groups excluding carboxylic acids is 2. The number of aliphatic hydroxyl groups is 1. The van der Waals surface area contributed by atoms with Gasteiger partial charge in [0.1, 0.15) is 6.10 Å². The van der Waals surface area contributed by atoms with Crippen LogP contribution in [-0.4, -0.2) is 72.0 Å². The standard InChI is InChI=1S/C22H43NO8Si3/c1-32(2,3)30-34(7,31-33(4,5)6)15-13-17-8-9-18(24)19(16-17)29-22(28)12-14-23-20(25)10-11-21(26)27/h10-11,17-19,24H,8-9,12-16H2,1-7H3,(H,23,25)(H,26,27). The number of aliphatic carboxylic acids is 1. The van der Waals surface area contributed by atoms with E-state index >= 15 is 0 Å². The number of nitrogens with one attached hydrogen (secondary N) is 1. The minimum atomic E-state index is -2.35. The van der Waals surface area contributed by atoms with Crippen LogP contribution in [0.2, 0.25) is 51.9 Å². The Labute approximate surface area is 206 Å². The topological polar surface area (TPSA) is 131 Å². The minimum Gasteiger partial charge on any atom is -0.478 e. The number of rotatable bonds is 13. The van der Waals surface area contributed by atoms with Crippen molar-refractivity contribution in [1.82, 2.24) is 5.32 Å². The molecule has 0 aromatic heterocycles. The molecule has 0 saturated heterocycles. The molecule has 1 fully saturated rings. The SMILES string of the molecule is C[Si](C)(C)O[Si](C)(CCC1CCC(O)C(OC(=O)CCNC(=O)C=CC(=O)O)C1)O[Si](C)(C)C. The zero-order valence-electron chi connectivity index (χ0n) is 21.7. The van der Waals surface area contributed by atoms with Crippen molar-refractivity contribution in [2.45, 2.75) is 96.2 Å². The smallest absolute Gasteiger partial charge is 0.328 e. The predicted molar refractivity (Wildman–Crippen MR) is 138 cm³/mol. The van der Waals surface area contributed by atoms with Gasteiger partial charge in [0.25, 0.3) is 0 Å². The molecular weight excluding hydrogens is 490 g/mol. The number of amides is 1. The van der Waals surface area contributed by atoms with Gasteiger partial charge in [0.15, 0.2) is 16.6 Å². The first-order chi connectivity index (χ1) is 15.5. The van der Waals surface area contributed by atoms with Gasteiger partial charge in [-0.1, -0.05) is 0 Å². The second-order valence-electron chi connectivity index (χ2n) is 11.1. The average Bonchev–Trinajstić information content (AvgIpc) is 2.64. The van der Waals surface area contributed by atoms with Crippen molar-refractivity contribution in [3.63, 3.8) is 0 Å². The molecule has 3 atom stereocenters. The number of esters is 1. The number of ether oxygens (including phenoxy) is 1. The molecule has 0 heterocycles. The number of hydrogen-bond donors (Lipinski definition) is 3. The molecule has 3 unspecified atom stereocenters. The van der Waals surface area contributed by atoms with Crippen molar-refractivity contribution >= 4 is 43.0 Å². The molecule has 34 heavy (non-hydrogen) atoms. The largest absolute Gasteiger partial charge is 0.478 e. The monoisotopic (exact) mass is 533 g/mol. The summed E-state index contributed by atoms with van der Waals surface area (Å²) >= 11 is 0. The van der Waals surface area contributed by atoms with Crippen molar-refractivity contribution in [2.75, 3.05) is 6.54 Å². The summed E-state index contributed by atoms with van der Waals surface area (Å²) in [5.74, 6) is -2.02. The average molecular weight is 534 g/mol. The van der Waals surface area contributed by atoms with E-state index in [1.54, 1.807) is 0 Å². The summed E-state index contributed by atoms with van der Waals surface area (Å²) in [6.07, 6.45) is 3.22. The molecular formula is C22H43NO8Si3. The van der Waals surface area contributed by atoms with E-state index in [1.807, 2.05) is 0 Å². The molecule has 3 N–H and O–H groups in total. The number of carbonyl (C=O) groups is 3. The van der Waals surface area contributed by atoms with Crippen molar-refractivity contribution in [3.8, 4) is 0 Å². The van der Waals surface area contributed by atoms with E-state index in [0.717, 1.165) is 31.0 Å². The van der Waals surface area contributed by atoms with E-state index in [4.69, 9.17) is 18.1 Å². The fourth-order valence-corrected chi connectivity index (χ4v) is 16.8. The van der Waals surface area contributed by atoms with Crippen LogP contribution in [-0.2, 0) is 27.4 Å². The van der Waals surface area contributed by atoms with Gasteiger partial charge in [-0.05, 0) is 83.5 Å². The Balaban J connectivity index is 2.59. The van der Waals surface area contributed by atoms with Gasteiger partial charge in [-0.2, -0.15) is 0 Å². The first-order valence-corrected chi connectivity index (χ1v) is 21.3. The van der Waals surface area contributed by atoms with E-state index < -0.39 is 55.2 Å². The first-order valence-electron chi connectivity index (χ1n) is 11.9. The molecule has 1 amide bonds. The third-order valence-corrected chi connectivity index (χ3v) is 14.8. The molecule has 12 heteroatoms. The number of carboxylic acids is 1. The Kier molecular flexibility index (Phi) is 11.8. The summed E-state index contributed by atoms with van der Waals surface area (Å²) in [6.45, 7) is 15.3. The van der Waals surface area contributed by atoms with Crippen LogP contribution in [0.1, 0.15) is 32.1 Å². The Bertz CT molecular complexity index is 717. The highest BCUT2D eigenvalue weighted by Crippen LogP contribution is 2.34. The van der Waals surface area contributed by atoms with E-state index in [1.165, 1.54) is 0 Å². The number of carboxylic acid groups (broad SMARTS) is 1. The molecule has 9 nitrogen and oxygen atoms in total. The highest BCUT2D eigenvalue weighted by molar-refractivity contribution is 6.87. The van der Waals surface area contributed by atoms with E-state index in [9.17, 15) is 19.5 Å². The first kappa shape index (κ1) is 30.7. The molecule has 0 spiro atoms. The van der Waals surface area contributed by atoms with E-state index in [-0.39, 0.29) is 13.0 Å². The summed E-state index contributed by atoms with van der Waals surface area (Å²) in [7, 11) is -5.89. The highest BCUT2D eigenvalue weighted by atomic mass is 28.5. The zero-order chi connectivity index (χ0) is 26.2. The van der Waals surface area contributed by atoms with Gasteiger partial charge in [-0.25, -0.2) is 4.79 Å². The van der Waals surface area contributed by atoms with E-state index in [0.29, 0.717) is 18.8 Å². The quantitative estimate of drug-likeness (QED) is 0.187. The van der Waals surface area contributed by atoms with Gasteiger partial charge in [0.05, 0.1) is 12.5 Å². The van der Waals surface area contributed by atoms with Crippen LogP contribution in [0.4, 0.5) is 0 Å². The minimum absolute atomic E-state index is 0.0277. The Morgan fingerprint density at radius 1 is 0.971 bits per heavy atom. The van der Waals surface area contributed by atoms with Crippen LogP contribution in [0.25, 0.3) is 0 Å². The molecule has 0 bridgehead atoms. The molecule has 0 aromatic carbocycles. The van der Waals surface area contributed by atoms with Gasteiger partial charge in [0, 0.05) is 18.7 Å². The fraction of sp³-hybridized carbons (Fsp3) is 0.773. The summed E-state index contributed by atoms with van der Waals surface area (Å²) in [5.41, 5.74) is 0. The lowest BCUT2D eigenvalue weighted by Gasteiger charge is -2.40. The second-order valence-corrected chi connectivity index (χ2v) is 23.9. The maximum atomic E-state index is 12.2. The fourth-order valence-electron chi connectivity index (χ4n) is 4.19. The van der Waals surface area contributed by atoms with Gasteiger partial charge >= 0.3 is 20.5 Å². The summed E-state index contributed by atoms with van der Waals surface area (Å²) in [5, 5.41) is 21.3. The summed E-state index contributed by atoms with van der Waals surface area (Å²) in [4.78, 5) is 34.1. The molecule has 1 rings (SSSR count). The van der Waals surface area contributed by atoms with Crippen LogP contribution in [0, 0.1) is 5.92 Å². The zero-order valence-corrected chi connectivity index (χ0v) is 24.7. The maximum Gasteiger partial charge on any atom is 0.328 e. The van der Waals surface area contributed by atoms with Crippen LogP contribution >= 0.6 is 0 Å². The highest BCUT2D eigenvalue weighted by Gasteiger charge is 2.41. The molecule has 1 aliphatic carbocycles. The Morgan fingerprint density at radius 2 is 1.56 bits per heavy atom. The normalized spacial score (nSPS) is 21.9. The van der Waals surface area contributed by atoms with Crippen molar-refractivity contribution < 1.29 is 37.6 Å². The molecule has 0 radical (unpaired) electrons. The molecule has 0 aromatic rings. The van der Waals surface area contributed by atoms with Crippen LogP contribution < -0.4 is 5.32 Å². The summed E-state index contributed by atoms with van der Waals surface area (Å²) in [6, 6.07) is 0.874. The van der Waals surface area contributed by atoms with Crippen molar-refractivity contribution in [2.24, 2.45) is 5.92 Å². The number of hydrogen-bond acceptors (Lipinski definition) is 7. The predicted octanol–water partition coefficient (Wildman–Crippen LogP) is 3.37. The third-order valence-electron chi connectivity index (χ3n) is 5.20. The Morgan fingerprint density at radius 3 is 2.09 bits per heavy atom. The van der Waals surface area contributed by atoms with Gasteiger partial charge in [-0.3, -0.25) is 9.59 Å². The van der Waals surface area contributed by atoms with Crippen molar-refractivity contribution in [1.29, 1.82) is 0 Å². The van der Waals surface area contributed by atoms with E-state index in [2.05, 4.69) is 51.1 Å². The number of aliphatic hydroxyl groups excluding tert-OH is 1. The molecule has 196 valence electrons. The summed E-state index contributed by atoms with van der Waals surface area (Å²) < 4.78 is 18.7.